The topological polar surface area (TPSA) is 66.8 Å². The summed E-state index contributed by atoms with van der Waals surface area (Å²) in [6.07, 6.45) is 11.1. The number of carbonyl (C=O) groups is 1. The number of aliphatic carboxylic acids is 1. The Bertz CT molecular complexity index is 417. The van der Waals surface area contributed by atoms with Gasteiger partial charge in [0.15, 0.2) is 0 Å². The first-order valence-corrected chi connectivity index (χ1v) is 8.04. The van der Waals surface area contributed by atoms with Crippen LogP contribution >= 0.6 is 0 Å². The Labute approximate surface area is 133 Å². The van der Waals surface area contributed by atoms with Crippen LogP contribution in [0.1, 0.15) is 51.9 Å². The van der Waals surface area contributed by atoms with Crippen LogP contribution in [0.3, 0.4) is 0 Å². The summed E-state index contributed by atoms with van der Waals surface area (Å²) < 4.78 is 5.89. The van der Waals surface area contributed by atoms with E-state index in [4.69, 9.17) is 9.84 Å². The minimum Gasteiger partial charge on any atom is -0.494 e. The highest BCUT2D eigenvalue weighted by Crippen LogP contribution is 2.25. The molecule has 4 heteroatoms. The highest BCUT2D eigenvalue weighted by atomic mass is 16.5. The lowest BCUT2D eigenvalue weighted by molar-refractivity contribution is -0.138. The van der Waals surface area contributed by atoms with Crippen molar-refractivity contribution in [3.05, 3.63) is 36.1 Å². The van der Waals surface area contributed by atoms with E-state index >= 15 is 0 Å². The lowest BCUT2D eigenvalue weighted by atomic mass is 9.90. The van der Waals surface area contributed by atoms with Gasteiger partial charge in [-0.05, 0) is 49.8 Å². The summed E-state index contributed by atoms with van der Waals surface area (Å²) in [6.45, 7) is 6.09. The van der Waals surface area contributed by atoms with E-state index in [1.54, 1.807) is 19.1 Å². The molecule has 1 aliphatic carbocycles. The van der Waals surface area contributed by atoms with Crippen molar-refractivity contribution in [3.63, 3.8) is 0 Å². The Balaban J connectivity index is 2.62. The van der Waals surface area contributed by atoms with Gasteiger partial charge in [-0.2, -0.15) is 0 Å². The number of allylic oxidation sites excluding steroid dienone is 3. The Morgan fingerprint density at radius 1 is 1.36 bits per heavy atom. The van der Waals surface area contributed by atoms with Gasteiger partial charge in [-0.3, -0.25) is 4.79 Å². The minimum absolute atomic E-state index is 0.292. The zero-order chi connectivity index (χ0) is 16.4. The molecule has 0 bridgehead atoms. The number of rotatable bonds is 9. The Hall–Kier alpha value is -1.55. The van der Waals surface area contributed by atoms with Crippen LogP contribution in [0.2, 0.25) is 0 Å². The summed E-state index contributed by atoms with van der Waals surface area (Å²) in [7, 11) is 0. The summed E-state index contributed by atoms with van der Waals surface area (Å²) in [6, 6.07) is 0. The highest BCUT2D eigenvalue weighted by molar-refractivity contribution is 5.67. The number of hydrogen-bond acceptors (Lipinski definition) is 3. The van der Waals surface area contributed by atoms with Crippen LogP contribution in [0.5, 0.6) is 0 Å². The lowest BCUT2D eigenvalue weighted by Gasteiger charge is -2.22. The van der Waals surface area contributed by atoms with E-state index < -0.39 is 12.1 Å². The standard InChI is InChI=1S/C18H28O4/c1-3-4-10-16(11-14(2)17(19)12-18(20)21)22-13-15-8-6-5-7-9-15/h3,10-11,15,17,19H,1,4-9,12-13H2,2H3,(H,20,21)/b14-11+,16-10+. The first kappa shape index (κ1) is 18.5. The van der Waals surface area contributed by atoms with Crippen molar-refractivity contribution in [3.8, 4) is 0 Å². The molecule has 124 valence electrons. The number of aliphatic hydroxyl groups excluding tert-OH is 1. The fourth-order valence-electron chi connectivity index (χ4n) is 2.57. The Morgan fingerprint density at radius 2 is 2.05 bits per heavy atom. The molecule has 1 unspecified atom stereocenters. The van der Waals surface area contributed by atoms with Gasteiger partial charge in [0.05, 0.1) is 19.1 Å². The van der Waals surface area contributed by atoms with Crippen LogP contribution in [-0.2, 0) is 9.53 Å². The van der Waals surface area contributed by atoms with Crippen LogP contribution in [0.4, 0.5) is 0 Å². The van der Waals surface area contributed by atoms with E-state index in [1.807, 2.05) is 6.08 Å². The van der Waals surface area contributed by atoms with Gasteiger partial charge in [-0.25, -0.2) is 0 Å². The number of aliphatic hydroxyl groups is 1. The van der Waals surface area contributed by atoms with E-state index in [2.05, 4.69) is 6.58 Å². The number of hydrogen-bond donors (Lipinski definition) is 2. The first-order chi connectivity index (χ1) is 10.5. The summed E-state index contributed by atoms with van der Waals surface area (Å²) in [5.41, 5.74) is 0.598. The van der Waals surface area contributed by atoms with Crippen LogP contribution in [0.15, 0.2) is 36.1 Å². The van der Waals surface area contributed by atoms with Gasteiger partial charge in [0.2, 0.25) is 0 Å². The second kappa shape index (κ2) is 10.2. The van der Waals surface area contributed by atoms with Crippen molar-refractivity contribution in [1.82, 2.24) is 0 Å². The largest absolute Gasteiger partial charge is 0.494 e. The van der Waals surface area contributed by atoms with Crippen molar-refractivity contribution in [2.24, 2.45) is 5.92 Å². The van der Waals surface area contributed by atoms with E-state index in [1.165, 1.54) is 32.1 Å². The van der Waals surface area contributed by atoms with E-state index in [-0.39, 0.29) is 6.42 Å². The van der Waals surface area contributed by atoms with Crippen molar-refractivity contribution in [1.29, 1.82) is 0 Å². The molecule has 0 amide bonds. The first-order valence-electron chi connectivity index (χ1n) is 8.04. The molecule has 1 rings (SSSR count). The number of ether oxygens (including phenoxy) is 1. The van der Waals surface area contributed by atoms with Crippen LogP contribution in [-0.4, -0.2) is 28.9 Å². The minimum atomic E-state index is -1.01. The number of carboxylic acid groups (broad SMARTS) is 1. The molecule has 1 aliphatic rings. The summed E-state index contributed by atoms with van der Waals surface area (Å²) in [5.74, 6) is 0.269. The van der Waals surface area contributed by atoms with Gasteiger partial charge in [0, 0.05) is 0 Å². The molecule has 0 spiro atoms. The average Bonchev–Trinajstić information content (AvgIpc) is 2.50. The quantitative estimate of drug-likeness (QED) is 0.386. The van der Waals surface area contributed by atoms with E-state index in [0.29, 0.717) is 30.3 Å². The molecule has 1 atom stereocenters. The van der Waals surface area contributed by atoms with Gasteiger partial charge in [-0.1, -0.05) is 25.3 Å². The van der Waals surface area contributed by atoms with E-state index in [9.17, 15) is 9.90 Å². The molecule has 2 N–H and O–H groups in total. The second-order valence-corrected chi connectivity index (χ2v) is 5.95. The molecular formula is C18H28O4. The molecule has 0 aromatic carbocycles. The predicted octanol–water partition coefficient (Wildman–Crippen LogP) is 3.83. The fraction of sp³-hybridized carbons (Fsp3) is 0.611. The molecular weight excluding hydrogens is 280 g/mol. The van der Waals surface area contributed by atoms with Crippen LogP contribution in [0.25, 0.3) is 0 Å². The predicted molar refractivity (Wildman–Crippen MR) is 87.4 cm³/mol. The third-order valence-electron chi connectivity index (χ3n) is 3.96. The number of carboxylic acids is 1. The van der Waals surface area contributed by atoms with Crippen LogP contribution in [0, 0.1) is 5.92 Å². The molecule has 1 fully saturated rings. The Kier molecular flexibility index (Phi) is 8.60. The lowest BCUT2D eigenvalue weighted by Crippen LogP contribution is -2.15. The van der Waals surface area contributed by atoms with E-state index in [0.717, 1.165) is 0 Å². The van der Waals surface area contributed by atoms with Gasteiger partial charge in [-0.15, -0.1) is 6.58 Å². The van der Waals surface area contributed by atoms with Crippen molar-refractivity contribution in [2.75, 3.05) is 6.61 Å². The van der Waals surface area contributed by atoms with Gasteiger partial charge in [0.25, 0.3) is 0 Å². The summed E-state index contributed by atoms with van der Waals surface area (Å²) in [5, 5.41) is 18.6. The van der Waals surface area contributed by atoms with Crippen molar-refractivity contribution in [2.45, 2.75) is 58.0 Å². The summed E-state index contributed by atoms with van der Waals surface area (Å²) >= 11 is 0. The third kappa shape index (κ3) is 7.46. The molecule has 0 radical (unpaired) electrons. The molecule has 0 aromatic rings. The monoisotopic (exact) mass is 308 g/mol. The molecule has 0 heterocycles. The maximum atomic E-state index is 10.7. The molecule has 0 saturated heterocycles. The van der Waals surface area contributed by atoms with Crippen molar-refractivity contribution < 1.29 is 19.7 Å². The fourth-order valence-corrected chi connectivity index (χ4v) is 2.57. The molecule has 22 heavy (non-hydrogen) atoms. The van der Waals surface area contributed by atoms with Gasteiger partial charge in [0.1, 0.15) is 5.76 Å². The SMILES string of the molecule is C=CC/C=C(\C=C(/C)C(O)CC(=O)O)OCC1CCCCC1. The smallest absolute Gasteiger partial charge is 0.306 e. The highest BCUT2D eigenvalue weighted by Gasteiger charge is 2.15. The Morgan fingerprint density at radius 3 is 2.64 bits per heavy atom. The molecule has 0 aromatic heterocycles. The molecule has 0 aliphatic heterocycles. The zero-order valence-electron chi connectivity index (χ0n) is 13.5. The molecule has 4 nitrogen and oxygen atoms in total. The molecule has 1 saturated carbocycles. The third-order valence-corrected chi connectivity index (χ3v) is 3.96. The van der Waals surface area contributed by atoms with Gasteiger partial charge >= 0.3 is 5.97 Å². The van der Waals surface area contributed by atoms with Crippen molar-refractivity contribution >= 4 is 5.97 Å². The maximum Gasteiger partial charge on any atom is 0.306 e. The average molecular weight is 308 g/mol. The zero-order valence-corrected chi connectivity index (χ0v) is 13.5. The van der Waals surface area contributed by atoms with Gasteiger partial charge < -0.3 is 14.9 Å². The second-order valence-electron chi connectivity index (χ2n) is 5.95. The maximum absolute atomic E-state index is 10.7. The normalized spacial score (nSPS) is 18.8. The summed E-state index contributed by atoms with van der Waals surface area (Å²) in [4.78, 5) is 10.7. The van der Waals surface area contributed by atoms with Crippen LogP contribution < -0.4 is 0 Å².